The molecule has 0 fully saturated rings. The molecule has 4 aromatic rings. The van der Waals surface area contributed by atoms with E-state index in [1.54, 1.807) is 6.20 Å². The smallest absolute Gasteiger partial charge is 0.250 e. The maximum atomic E-state index is 11.8. The monoisotopic (exact) mass is 474 g/mol. The highest BCUT2D eigenvalue weighted by atomic mass is 35.5. The molecule has 3 N–H and O–H groups in total. The fourth-order valence-corrected chi connectivity index (χ4v) is 4.07. The fourth-order valence-electron chi connectivity index (χ4n) is 3.30. The van der Waals surface area contributed by atoms with E-state index >= 15 is 0 Å². The quantitative estimate of drug-likeness (QED) is 0.261. The Balaban J connectivity index is 1.64. The van der Waals surface area contributed by atoms with Crippen LogP contribution in [0.2, 0.25) is 5.15 Å². The zero-order valence-electron chi connectivity index (χ0n) is 17.8. The molecule has 0 aliphatic carbocycles. The first-order valence-electron chi connectivity index (χ1n) is 10.0. The average molecular weight is 475 g/mol. The van der Waals surface area contributed by atoms with Gasteiger partial charge in [0, 0.05) is 18.9 Å². The summed E-state index contributed by atoms with van der Waals surface area (Å²) in [6.07, 6.45) is 2.58. The molecule has 0 saturated heterocycles. The lowest BCUT2D eigenvalue weighted by Gasteiger charge is -2.17. The molecule has 4 rings (SSSR count). The molecule has 0 aliphatic heterocycles. The minimum absolute atomic E-state index is 0.0115. The zero-order chi connectivity index (χ0) is 22.9. The molecule has 0 bridgehead atoms. The number of rotatable bonds is 8. The van der Waals surface area contributed by atoms with Gasteiger partial charge in [0.2, 0.25) is 15.0 Å². The predicted molar refractivity (Wildman–Crippen MR) is 124 cm³/mol. The molecule has 0 spiro atoms. The molecule has 3 heterocycles. The number of aromatic nitrogens is 6. The molecule has 0 atom stereocenters. The van der Waals surface area contributed by atoms with Crippen molar-refractivity contribution in [1.29, 1.82) is 0 Å². The Bertz CT molecular complexity index is 1360. The average Bonchev–Trinajstić information content (AvgIpc) is 3.37. The van der Waals surface area contributed by atoms with Gasteiger partial charge in [-0.3, -0.25) is 10.00 Å². The SMILES string of the molecule is CCN(CC)Cc1ccc2nc(-c3[nH]ncc3Nc3cc(Cl)nc(S(C)(=O)=O)n3)[nH]c2c1. The summed E-state index contributed by atoms with van der Waals surface area (Å²) in [6, 6.07) is 7.59. The Morgan fingerprint density at radius 3 is 2.62 bits per heavy atom. The summed E-state index contributed by atoms with van der Waals surface area (Å²) in [5.74, 6) is 0.814. The summed E-state index contributed by atoms with van der Waals surface area (Å²) in [7, 11) is -3.62. The molecule has 0 unspecified atom stereocenters. The highest BCUT2D eigenvalue weighted by molar-refractivity contribution is 7.90. The molecule has 12 heteroatoms. The Morgan fingerprint density at radius 2 is 1.91 bits per heavy atom. The van der Waals surface area contributed by atoms with Gasteiger partial charge in [0.1, 0.15) is 16.7 Å². The van der Waals surface area contributed by atoms with Crippen LogP contribution >= 0.6 is 11.6 Å². The van der Waals surface area contributed by atoms with Crippen LogP contribution in [0.4, 0.5) is 11.5 Å². The topological polar surface area (TPSA) is 133 Å². The van der Waals surface area contributed by atoms with Crippen LogP contribution < -0.4 is 5.32 Å². The van der Waals surface area contributed by atoms with E-state index in [4.69, 9.17) is 11.6 Å². The second kappa shape index (κ2) is 8.85. The van der Waals surface area contributed by atoms with Crippen LogP contribution in [0.15, 0.2) is 35.6 Å². The number of nitrogens with zero attached hydrogens (tertiary/aromatic N) is 5. The van der Waals surface area contributed by atoms with Crippen molar-refractivity contribution in [1.82, 2.24) is 35.0 Å². The number of benzene rings is 1. The number of fused-ring (bicyclic) bond motifs is 1. The fraction of sp³-hybridized carbons (Fsp3) is 0.300. The maximum absolute atomic E-state index is 11.8. The van der Waals surface area contributed by atoms with Gasteiger partial charge in [-0.2, -0.15) is 5.10 Å². The van der Waals surface area contributed by atoms with E-state index in [-0.39, 0.29) is 16.1 Å². The van der Waals surface area contributed by atoms with Crippen molar-refractivity contribution in [3.63, 3.8) is 0 Å². The molecule has 0 saturated carbocycles. The normalized spacial score (nSPS) is 12.0. The van der Waals surface area contributed by atoms with E-state index in [1.807, 2.05) is 6.07 Å². The Labute approximate surface area is 190 Å². The van der Waals surface area contributed by atoms with Gasteiger partial charge in [-0.05, 0) is 30.8 Å². The lowest BCUT2D eigenvalue weighted by molar-refractivity contribution is 0.296. The number of aromatic amines is 2. The predicted octanol–water partition coefficient (Wildman–Crippen LogP) is 3.39. The first-order chi connectivity index (χ1) is 15.3. The molecule has 32 heavy (non-hydrogen) atoms. The van der Waals surface area contributed by atoms with E-state index in [1.165, 1.54) is 11.6 Å². The summed E-state index contributed by atoms with van der Waals surface area (Å²) in [4.78, 5) is 18.1. The van der Waals surface area contributed by atoms with Crippen molar-refractivity contribution >= 4 is 44.0 Å². The van der Waals surface area contributed by atoms with Crippen molar-refractivity contribution in [2.24, 2.45) is 0 Å². The van der Waals surface area contributed by atoms with Crippen LogP contribution in [0.5, 0.6) is 0 Å². The standard InChI is InChI=1S/C20H23ClN8O2S/c1-4-29(5-2)11-12-6-7-13-14(8-12)25-19(24-13)18-15(10-22-28-18)23-17-9-16(21)26-20(27-17)32(3,30)31/h6-10H,4-5,11H2,1-3H3,(H,22,28)(H,24,25)(H,23,26,27). The van der Waals surface area contributed by atoms with Crippen LogP contribution in [0.1, 0.15) is 19.4 Å². The minimum atomic E-state index is -3.62. The van der Waals surface area contributed by atoms with Crippen LogP contribution in [-0.2, 0) is 16.4 Å². The summed E-state index contributed by atoms with van der Waals surface area (Å²) >= 11 is 5.98. The second-order valence-corrected chi connectivity index (χ2v) is 9.61. The molecule has 168 valence electrons. The van der Waals surface area contributed by atoms with E-state index in [0.717, 1.165) is 36.9 Å². The van der Waals surface area contributed by atoms with Crippen LogP contribution in [0.25, 0.3) is 22.6 Å². The Hall–Kier alpha value is -3.02. The van der Waals surface area contributed by atoms with Crippen LogP contribution in [0, 0.1) is 0 Å². The molecular formula is C20H23ClN8O2S. The number of H-pyrrole nitrogens is 2. The third kappa shape index (κ3) is 4.74. The Morgan fingerprint density at radius 1 is 1.12 bits per heavy atom. The highest BCUT2D eigenvalue weighted by Gasteiger charge is 2.17. The van der Waals surface area contributed by atoms with E-state index < -0.39 is 9.84 Å². The van der Waals surface area contributed by atoms with E-state index in [0.29, 0.717) is 17.2 Å². The van der Waals surface area contributed by atoms with E-state index in [2.05, 4.69) is 66.3 Å². The second-order valence-electron chi connectivity index (χ2n) is 7.31. The van der Waals surface area contributed by atoms with Gasteiger partial charge in [0.25, 0.3) is 0 Å². The van der Waals surface area contributed by atoms with Gasteiger partial charge in [0.15, 0.2) is 5.82 Å². The summed E-state index contributed by atoms with van der Waals surface area (Å²) in [6.45, 7) is 7.13. The van der Waals surface area contributed by atoms with Crippen molar-refractivity contribution in [2.45, 2.75) is 25.5 Å². The largest absolute Gasteiger partial charge is 0.337 e. The molecule has 1 aromatic carbocycles. The summed E-state index contributed by atoms with van der Waals surface area (Å²) in [5, 5.41) is 9.70. The first kappa shape index (κ1) is 22.2. The number of anilines is 2. The number of nitrogens with one attached hydrogen (secondary N) is 3. The molecule has 10 nitrogen and oxygen atoms in total. The van der Waals surface area contributed by atoms with Gasteiger partial charge in [0.05, 0.1) is 22.9 Å². The molecule has 3 aromatic heterocycles. The number of hydrogen-bond acceptors (Lipinski definition) is 8. The van der Waals surface area contributed by atoms with Crippen LogP contribution in [0.3, 0.4) is 0 Å². The van der Waals surface area contributed by atoms with E-state index in [9.17, 15) is 8.42 Å². The Kier molecular flexibility index (Phi) is 6.13. The third-order valence-electron chi connectivity index (χ3n) is 4.99. The lowest BCUT2D eigenvalue weighted by atomic mass is 10.2. The van der Waals surface area contributed by atoms with Crippen molar-refractivity contribution in [3.05, 3.63) is 41.2 Å². The minimum Gasteiger partial charge on any atom is -0.337 e. The zero-order valence-corrected chi connectivity index (χ0v) is 19.4. The van der Waals surface area contributed by atoms with Gasteiger partial charge in [-0.15, -0.1) is 0 Å². The van der Waals surface area contributed by atoms with Crippen molar-refractivity contribution in [2.75, 3.05) is 24.7 Å². The number of imidazole rings is 1. The number of halogens is 1. The maximum Gasteiger partial charge on any atom is 0.250 e. The van der Waals surface area contributed by atoms with Crippen LogP contribution in [-0.4, -0.2) is 62.8 Å². The lowest BCUT2D eigenvalue weighted by Crippen LogP contribution is -2.21. The number of hydrogen-bond donors (Lipinski definition) is 3. The summed E-state index contributed by atoms with van der Waals surface area (Å²) < 4.78 is 23.6. The summed E-state index contributed by atoms with van der Waals surface area (Å²) in [5.41, 5.74) is 4.09. The molecular weight excluding hydrogens is 452 g/mol. The third-order valence-corrected chi connectivity index (χ3v) is 6.03. The first-order valence-corrected chi connectivity index (χ1v) is 12.3. The van der Waals surface area contributed by atoms with Crippen molar-refractivity contribution < 1.29 is 8.42 Å². The van der Waals surface area contributed by atoms with Gasteiger partial charge >= 0.3 is 0 Å². The highest BCUT2D eigenvalue weighted by Crippen LogP contribution is 2.28. The van der Waals surface area contributed by atoms with Gasteiger partial charge in [-0.25, -0.2) is 23.4 Å². The van der Waals surface area contributed by atoms with Gasteiger partial charge < -0.3 is 10.3 Å². The molecule has 0 radical (unpaired) electrons. The molecule has 0 aliphatic rings. The van der Waals surface area contributed by atoms with Crippen molar-refractivity contribution in [3.8, 4) is 11.5 Å². The molecule has 0 amide bonds. The number of sulfone groups is 1. The van der Waals surface area contributed by atoms with Gasteiger partial charge in [-0.1, -0.05) is 31.5 Å².